The van der Waals surface area contributed by atoms with Crippen LogP contribution in [-0.2, 0) is 6.18 Å². The molecule has 0 atom stereocenters. The van der Waals surface area contributed by atoms with Gasteiger partial charge in [-0.3, -0.25) is 0 Å². The minimum atomic E-state index is -4.57. The van der Waals surface area contributed by atoms with Crippen molar-refractivity contribution in [3.8, 4) is 6.07 Å². The third-order valence-corrected chi connectivity index (χ3v) is 1.81. The van der Waals surface area contributed by atoms with Gasteiger partial charge in [-0.05, 0) is 30.4 Å². The van der Waals surface area contributed by atoms with E-state index in [1.807, 2.05) is 0 Å². The Morgan fingerprint density at radius 3 is 2.50 bits per heavy atom. The second kappa shape index (κ2) is 4.37. The summed E-state index contributed by atoms with van der Waals surface area (Å²) in [6, 6.07) is 4.72. The highest BCUT2D eigenvalue weighted by molar-refractivity contribution is 7.80. The van der Waals surface area contributed by atoms with Gasteiger partial charge in [0.25, 0.3) is 0 Å². The number of benzene rings is 1. The van der Waals surface area contributed by atoms with E-state index in [-0.39, 0.29) is 16.4 Å². The molecule has 1 rings (SSSR count). The molecular weight excluding hydrogens is 239 g/mol. The van der Waals surface area contributed by atoms with Crippen molar-refractivity contribution in [3.05, 3.63) is 29.3 Å². The largest absolute Gasteiger partial charge is 0.418 e. The number of nitrogens with zero attached hydrogens (tertiary/aromatic N) is 1. The summed E-state index contributed by atoms with van der Waals surface area (Å²) in [6.45, 7) is 0. The number of hydrogen-bond donors (Lipinski definition) is 2. The number of alkyl halides is 3. The van der Waals surface area contributed by atoms with Crippen LogP contribution in [-0.4, -0.2) is 5.11 Å². The lowest BCUT2D eigenvalue weighted by molar-refractivity contribution is -0.136. The fraction of sp³-hybridized carbons (Fsp3) is 0.111. The second-order valence-electron chi connectivity index (χ2n) is 2.86. The Bertz CT molecular complexity index is 462. The van der Waals surface area contributed by atoms with E-state index < -0.39 is 11.7 Å². The SMILES string of the molecule is N#Cc1ccc(NC(N)=S)c(C(F)(F)F)c1. The minimum Gasteiger partial charge on any atom is -0.376 e. The zero-order valence-corrected chi connectivity index (χ0v) is 8.62. The molecule has 0 heterocycles. The van der Waals surface area contributed by atoms with Gasteiger partial charge in [0.1, 0.15) is 0 Å². The highest BCUT2D eigenvalue weighted by atomic mass is 32.1. The van der Waals surface area contributed by atoms with Gasteiger partial charge in [-0.25, -0.2) is 0 Å². The Labute approximate surface area is 94.7 Å². The van der Waals surface area contributed by atoms with Crippen molar-refractivity contribution >= 4 is 23.0 Å². The van der Waals surface area contributed by atoms with E-state index in [9.17, 15) is 13.2 Å². The molecule has 0 aliphatic rings. The first-order chi connectivity index (χ1) is 7.34. The Hall–Kier alpha value is -1.81. The molecule has 84 valence electrons. The van der Waals surface area contributed by atoms with E-state index in [0.717, 1.165) is 12.1 Å². The molecule has 7 heteroatoms. The van der Waals surface area contributed by atoms with Crippen molar-refractivity contribution in [2.75, 3.05) is 5.32 Å². The minimum absolute atomic E-state index is 0.0826. The van der Waals surface area contributed by atoms with E-state index in [4.69, 9.17) is 11.0 Å². The van der Waals surface area contributed by atoms with Gasteiger partial charge in [0.2, 0.25) is 0 Å². The van der Waals surface area contributed by atoms with Crippen LogP contribution >= 0.6 is 12.2 Å². The first kappa shape index (κ1) is 12.3. The predicted molar refractivity (Wildman–Crippen MR) is 56.6 cm³/mol. The number of thiocarbonyl (C=S) groups is 1. The van der Waals surface area contributed by atoms with Crippen LogP contribution < -0.4 is 11.1 Å². The molecule has 0 saturated heterocycles. The summed E-state index contributed by atoms with van der Waals surface area (Å²) < 4.78 is 37.7. The first-order valence-electron chi connectivity index (χ1n) is 4.02. The summed E-state index contributed by atoms with van der Waals surface area (Å²) in [5.41, 5.74) is 3.77. The molecule has 0 spiro atoms. The summed E-state index contributed by atoms with van der Waals surface area (Å²) in [5, 5.41) is 10.5. The van der Waals surface area contributed by atoms with Crippen LogP contribution in [0.4, 0.5) is 18.9 Å². The zero-order valence-electron chi connectivity index (χ0n) is 7.80. The molecule has 0 amide bonds. The van der Waals surface area contributed by atoms with Crippen molar-refractivity contribution in [2.45, 2.75) is 6.18 Å². The van der Waals surface area contributed by atoms with Crippen molar-refractivity contribution < 1.29 is 13.2 Å². The van der Waals surface area contributed by atoms with E-state index >= 15 is 0 Å². The molecule has 0 aliphatic carbocycles. The average Bonchev–Trinajstić information content (AvgIpc) is 2.15. The van der Waals surface area contributed by atoms with E-state index in [1.54, 1.807) is 6.07 Å². The summed E-state index contributed by atoms with van der Waals surface area (Å²) in [7, 11) is 0. The Kier molecular flexibility index (Phi) is 3.34. The fourth-order valence-electron chi connectivity index (χ4n) is 1.09. The molecule has 0 bridgehead atoms. The molecule has 0 aromatic heterocycles. The number of halogens is 3. The Balaban J connectivity index is 3.28. The Morgan fingerprint density at radius 2 is 2.06 bits per heavy atom. The van der Waals surface area contributed by atoms with Gasteiger partial charge in [0, 0.05) is 0 Å². The maximum Gasteiger partial charge on any atom is 0.418 e. The monoisotopic (exact) mass is 245 g/mol. The van der Waals surface area contributed by atoms with Crippen molar-refractivity contribution in [2.24, 2.45) is 5.73 Å². The van der Waals surface area contributed by atoms with Crippen LogP contribution in [0.25, 0.3) is 0 Å². The number of rotatable bonds is 1. The molecule has 1 aromatic rings. The molecule has 3 N–H and O–H groups in total. The molecule has 0 saturated carbocycles. The molecule has 0 aliphatic heterocycles. The fourth-order valence-corrected chi connectivity index (χ4v) is 1.20. The molecular formula is C9H6F3N3S. The standard InChI is InChI=1S/C9H6F3N3S/c10-9(11,12)6-3-5(4-13)1-2-7(6)15-8(14)16/h1-3H,(H3,14,15,16). The highest BCUT2D eigenvalue weighted by Crippen LogP contribution is 2.35. The topological polar surface area (TPSA) is 61.8 Å². The van der Waals surface area contributed by atoms with Crippen LogP contribution in [0, 0.1) is 11.3 Å². The van der Waals surface area contributed by atoms with Gasteiger partial charge in [0.05, 0.1) is 22.9 Å². The normalized spacial score (nSPS) is 10.6. The van der Waals surface area contributed by atoms with Gasteiger partial charge in [0.15, 0.2) is 5.11 Å². The molecule has 3 nitrogen and oxygen atoms in total. The van der Waals surface area contributed by atoms with Crippen LogP contribution in [0.2, 0.25) is 0 Å². The predicted octanol–water partition coefficient (Wildman–Crippen LogP) is 2.23. The van der Waals surface area contributed by atoms with Gasteiger partial charge in [-0.15, -0.1) is 0 Å². The number of nitriles is 1. The summed E-state index contributed by atoms with van der Waals surface area (Å²) in [4.78, 5) is 0. The smallest absolute Gasteiger partial charge is 0.376 e. The summed E-state index contributed by atoms with van der Waals surface area (Å²) in [6.07, 6.45) is -4.57. The quantitative estimate of drug-likeness (QED) is 0.745. The lowest BCUT2D eigenvalue weighted by Crippen LogP contribution is -2.21. The molecule has 16 heavy (non-hydrogen) atoms. The second-order valence-corrected chi connectivity index (χ2v) is 3.30. The number of nitrogens with two attached hydrogens (primary N) is 1. The van der Waals surface area contributed by atoms with Crippen LogP contribution in [0.3, 0.4) is 0 Å². The van der Waals surface area contributed by atoms with Gasteiger partial charge in [-0.1, -0.05) is 0 Å². The average molecular weight is 245 g/mol. The third kappa shape index (κ3) is 2.84. The molecule has 0 fully saturated rings. The summed E-state index contributed by atoms with van der Waals surface area (Å²) >= 11 is 4.46. The highest BCUT2D eigenvalue weighted by Gasteiger charge is 2.33. The Morgan fingerprint density at radius 1 is 1.44 bits per heavy atom. The van der Waals surface area contributed by atoms with Gasteiger partial charge < -0.3 is 11.1 Å². The summed E-state index contributed by atoms with van der Waals surface area (Å²) in [5.74, 6) is 0. The van der Waals surface area contributed by atoms with Crippen molar-refractivity contribution in [1.82, 2.24) is 0 Å². The molecule has 0 unspecified atom stereocenters. The van der Waals surface area contributed by atoms with Crippen molar-refractivity contribution in [3.63, 3.8) is 0 Å². The molecule has 0 radical (unpaired) electrons. The first-order valence-corrected chi connectivity index (χ1v) is 4.43. The van der Waals surface area contributed by atoms with Crippen molar-refractivity contribution in [1.29, 1.82) is 5.26 Å². The number of anilines is 1. The molecule has 1 aromatic carbocycles. The maximum atomic E-state index is 12.6. The van der Waals surface area contributed by atoms with Crippen LogP contribution in [0.5, 0.6) is 0 Å². The number of nitrogens with one attached hydrogen (secondary N) is 1. The zero-order chi connectivity index (χ0) is 12.3. The van der Waals surface area contributed by atoms with Gasteiger partial charge in [-0.2, -0.15) is 18.4 Å². The van der Waals surface area contributed by atoms with E-state index in [1.165, 1.54) is 6.07 Å². The third-order valence-electron chi connectivity index (χ3n) is 1.71. The van der Waals surface area contributed by atoms with E-state index in [2.05, 4.69) is 17.5 Å². The lowest BCUT2D eigenvalue weighted by Gasteiger charge is -2.13. The maximum absolute atomic E-state index is 12.6. The van der Waals surface area contributed by atoms with Gasteiger partial charge >= 0.3 is 6.18 Å². The number of hydrogen-bond acceptors (Lipinski definition) is 2. The van der Waals surface area contributed by atoms with Crippen LogP contribution in [0.1, 0.15) is 11.1 Å². The lowest BCUT2D eigenvalue weighted by atomic mass is 10.1. The van der Waals surface area contributed by atoms with E-state index in [0.29, 0.717) is 0 Å². The van der Waals surface area contributed by atoms with Crippen LogP contribution in [0.15, 0.2) is 18.2 Å².